The quantitative estimate of drug-likeness (QED) is 0.664. The maximum Gasteiger partial charge on any atom is 0.280 e. The van der Waals surface area contributed by atoms with Crippen molar-refractivity contribution in [3.63, 3.8) is 0 Å². The Morgan fingerprint density at radius 1 is 1.25 bits per heavy atom. The number of halogens is 1. The molecule has 3 aromatic rings. The van der Waals surface area contributed by atoms with Gasteiger partial charge in [-0.15, -0.1) is 0 Å². The number of fused-ring (bicyclic) bond motifs is 1. The zero-order valence-corrected chi connectivity index (χ0v) is 15.9. The van der Waals surface area contributed by atoms with Gasteiger partial charge >= 0.3 is 0 Å². The van der Waals surface area contributed by atoms with Crippen molar-refractivity contribution >= 4 is 11.6 Å². The van der Waals surface area contributed by atoms with E-state index in [1.165, 1.54) is 17.7 Å². The molecule has 5 nitrogen and oxygen atoms in total. The minimum atomic E-state index is -0.379. The lowest BCUT2D eigenvalue weighted by molar-refractivity contribution is 0.0974. The van der Waals surface area contributed by atoms with Gasteiger partial charge in [-0.1, -0.05) is 28.9 Å². The van der Waals surface area contributed by atoms with Crippen molar-refractivity contribution in [3.8, 4) is 5.75 Å². The van der Waals surface area contributed by atoms with Crippen molar-refractivity contribution in [2.75, 3.05) is 11.4 Å². The fraction of sp³-hybridized carbons (Fsp3) is 0.273. The fourth-order valence-corrected chi connectivity index (χ4v) is 3.51. The highest BCUT2D eigenvalue weighted by molar-refractivity contribution is 6.06. The number of benzene rings is 2. The first kappa shape index (κ1) is 18.2. The van der Waals surface area contributed by atoms with Gasteiger partial charge in [0.15, 0.2) is 5.69 Å². The Balaban J connectivity index is 1.60. The molecule has 0 atom stereocenters. The topological polar surface area (TPSA) is 55.6 Å². The van der Waals surface area contributed by atoms with E-state index >= 15 is 0 Å². The van der Waals surface area contributed by atoms with E-state index in [1.54, 1.807) is 24.0 Å². The summed E-state index contributed by atoms with van der Waals surface area (Å²) in [7, 11) is 0. The first-order valence-corrected chi connectivity index (χ1v) is 9.28. The summed E-state index contributed by atoms with van der Waals surface area (Å²) in [6.45, 7) is 4.49. The second kappa shape index (κ2) is 7.46. The lowest BCUT2D eigenvalue weighted by Gasteiger charge is -2.29. The number of carbonyl (C=O) groups excluding carboxylic acids is 1. The fourth-order valence-electron chi connectivity index (χ4n) is 3.51. The molecule has 0 fully saturated rings. The highest BCUT2D eigenvalue weighted by Crippen LogP contribution is 2.30. The van der Waals surface area contributed by atoms with Crippen LogP contribution in [0.2, 0.25) is 0 Å². The molecule has 1 aromatic heterocycles. The molecule has 0 saturated carbocycles. The Morgan fingerprint density at radius 3 is 2.93 bits per heavy atom. The monoisotopic (exact) mass is 380 g/mol. The molecular weight excluding hydrogens is 359 g/mol. The van der Waals surface area contributed by atoms with Crippen LogP contribution in [0.1, 0.15) is 39.4 Å². The summed E-state index contributed by atoms with van der Waals surface area (Å²) in [5, 5.41) is 3.99. The molecule has 0 radical (unpaired) electrons. The number of rotatable bonds is 4. The summed E-state index contributed by atoms with van der Waals surface area (Å²) in [6.07, 6.45) is 1.85. The molecule has 0 aliphatic carbocycles. The third-order valence-electron chi connectivity index (χ3n) is 4.97. The van der Waals surface area contributed by atoms with Gasteiger partial charge in [-0.05, 0) is 50.5 Å². The first-order valence-electron chi connectivity index (χ1n) is 9.28. The van der Waals surface area contributed by atoms with E-state index in [9.17, 15) is 9.18 Å². The molecule has 1 aliphatic heterocycles. The summed E-state index contributed by atoms with van der Waals surface area (Å²) in [4.78, 5) is 15.0. The molecule has 4 rings (SSSR count). The smallest absolute Gasteiger partial charge is 0.280 e. The van der Waals surface area contributed by atoms with Crippen molar-refractivity contribution in [1.29, 1.82) is 0 Å². The average Bonchev–Trinajstić information content (AvgIpc) is 3.05. The van der Waals surface area contributed by atoms with Gasteiger partial charge in [-0.2, -0.15) is 0 Å². The van der Waals surface area contributed by atoms with Crippen LogP contribution in [0.4, 0.5) is 10.1 Å². The molecule has 2 heterocycles. The predicted molar refractivity (Wildman–Crippen MR) is 103 cm³/mol. The molecule has 0 N–H and O–H groups in total. The summed E-state index contributed by atoms with van der Waals surface area (Å²) in [6, 6.07) is 12.0. The van der Waals surface area contributed by atoms with Gasteiger partial charge in [0.25, 0.3) is 5.91 Å². The van der Waals surface area contributed by atoms with Gasteiger partial charge in [0.2, 0.25) is 0 Å². The van der Waals surface area contributed by atoms with Gasteiger partial charge in [0.05, 0.1) is 5.56 Å². The Bertz CT molecular complexity index is 1030. The van der Waals surface area contributed by atoms with Crippen molar-refractivity contribution in [2.45, 2.75) is 33.3 Å². The molecule has 144 valence electrons. The van der Waals surface area contributed by atoms with Crippen LogP contribution in [0.15, 0.2) is 47.0 Å². The lowest BCUT2D eigenvalue weighted by Crippen LogP contribution is -2.36. The van der Waals surface area contributed by atoms with Gasteiger partial charge in [0.1, 0.15) is 23.9 Å². The minimum absolute atomic E-state index is 0.0778. The van der Waals surface area contributed by atoms with Crippen molar-refractivity contribution in [3.05, 3.63) is 76.4 Å². The SMILES string of the molecule is Cc1ccc2c(c1)CCCN2C(=O)c1noc(C)c1COc1cccc(F)c1. The van der Waals surface area contributed by atoms with Gasteiger partial charge in [-0.3, -0.25) is 4.79 Å². The van der Waals surface area contributed by atoms with Crippen molar-refractivity contribution in [1.82, 2.24) is 5.16 Å². The van der Waals surface area contributed by atoms with E-state index in [0.29, 0.717) is 23.6 Å². The van der Waals surface area contributed by atoms with Crippen LogP contribution >= 0.6 is 0 Å². The molecule has 28 heavy (non-hydrogen) atoms. The van der Waals surface area contributed by atoms with Gasteiger partial charge in [0, 0.05) is 18.3 Å². The summed E-state index contributed by atoms with van der Waals surface area (Å²) in [5.74, 6) is 0.314. The van der Waals surface area contributed by atoms with Crippen LogP contribution in [0.25, 0.3) is 0 Å². The van der Waals surface area contributed by atoms with E-state index in [1.807, 2.05) is 19.1 Å². The van der Waals surface area contributed by atoms with Crippen LogP contribution in [0.3, 0.4) is 0 Å². The molecule has 0 bridgehead atoms. The number of hydrogen-bond acceptors (Lipinski definition) is 4. The first-order chi connectivity index (χ1) is 13.5. The molecular formula is C22H21FN2O3. The van der Waals surface area contributed by atoms with Crippen LogP contribution in [0.5, 0.6) is 5.75 Å². The third-order valence-corrected chi connectivity index (χ3v) is 4.97. The third kappa shape index (κ3) is 3.50. The van der Waals surface area contributed by atoms with Crippen LogP contribution < -0.4 is 9.64 Å². The average molecular weight is 380 g/mol. The number of anilines is 1. The minimum Gasteiger partial charge on any atom is -0.489 e. The largest absolute Gasteiger partial charge is 0.489 e. The van der Waals surface area contributed by atoms with Gasteiger partial charge in [-0.25, -0.2) is 4.39 Å². The van der Waals surface area contributed by atoms with Crippen LogP contribution in [-0.4, -0.2) is 17.6 Å². The van der Waals surface area contributed by atoms with Crippen molar-refractivity contribution < 1.29 is 18.4 Å². The Labute approximate surface area is 162 Å². The lowest BCUT2D eigenvalue weighted by atomic mass is 9.99. The second-order valence-corrected chi connectivity index (χ2v) is 7.00. The highest BCUT2D eigenvalue weighted by atomic mass is 19.1. The number of ether oxygens (including phenoxy) is 1. The number of carbonyl (C=O) groups is 1. The molecule has 0 saturated heterocycles. The molecule has 2 aromatic carbocycles. The Morgan fingerprint density at radius 2 is 2.11 bits per heavy atom. The summed E-state index contributed by atoms with van der Waals surface area (Å²) < 4.78 is 24.3. The Kier molecular flexibility index (Phi) is 4.86. The Hall–Kier alpha value is -3.15. The van der Waals surface area contributed by atoms with E-state index in [0.717, 1.165) is 24.1 Å². The van der Waals surface area contributed by atoms with E-state index in [-0.39, 0.29) is 24.0 Å². The molecule has 0 spiro atoms. The number of hydrogen-bond donors (Lipinski definition) is 0. The van der Waals surface area contributed by atoms with Crippen LogP contribution in [-0.2, 0) is 13.0 Å². The van der Waals surface area contributed by atoms with E-state index in [2.05, 4.69) is 11.2 Å². The molecule has 1 aliphatic rings. The van der Waals surface area contributed by atoms with Gasteiger partial charge < -0.3 is 14.2 Å². The predicted octanol–water partition coefficient (Wildman–Crippen LogP) is 4.60. The summed E-state index contributed by atoms with van der Waals surface area (Å²) in [5.41, 5.74) is 4.07. The van der Waals surface area contributed by atoms with Crippen molar-refractivity contribution in [2.24, 2.45) is 0 Å². The van der Waals surface area contributed by atoms with Crippen LogP contribution in [0, 0.1) is 19.7 Å². The zero-order chi connectivity index (χ0) is 19.7. The number of aromatic nitrogens is 1. The normalized spacial score (nSPS) is 13.3. The zero-order valence-electron chi connectivity index (χ0n) is 15.9. The van der Waals surface area contributed by atoms with E-state index in [4.69, 9.17) is 9.26 Å². The molecule has 0 unspecified atom stereocenters. The number of aryl methyl sites for hydroxylation is 3. The second-order valence-electron chi connectivity index (χ2n) is 7.00. The van der Waals surface area contributed by atoms with E-state index < -0.39 is 0 Å². The molecule has 1 amide bonds. The molecule has 6 heteroatoms. The number of amides is 1. The highest BCUT2D eigenvalue weighted by Gasteiger charge is 2.29. The maximum atomic E-state index is 13.4. The number of nitrogens with zero attached hydrogens (tertiary/aromatic N) is 2. The standard InChI is InChI=1S/C22H21FN2O3/c1-14-8-9-20-16(11-14)5-4-10-25(20)22(26)21-19(15(2)28-24-21)13-27-18-7-3-6-17(23)12-18/h3,6-9,11-12H,4-5,10,13H2,1-2H3. The summed E-state index contributed by atoms with van der Waals surface area (Å²) >= 11 is 0. The maximum absolute atomic E-state index is 13.4.